The van der Waals surface area contributed by atoms with Gasteiger partial charge in [0, 0.05) is 18.1 Å². The number of carbonyl (C=O) groups is 1. The molecule has 0 unspecified atom stereocenters. The number of halogens is 3. The summed E-state index contributed by atoms with van der Waals surface area (Å²) < 4.78 is 39.8. The van der Waals surface area contributed by atoms with E-state index in [1.54, 1.807) is 0 Å². The highest BCUT2D eigenvalue weighted by atomic mass is 19.2. The zero-order valence-corrected chi connectivity index (χ0v) is 15.1. The van der Waals surface area contributed by atoms with Gasteiger partial charge in [0.2, 0.25) is 5.95 Å². The van der Waals surface area contributed by atoms with E-state index in [-0.39, 0.29) is 11.5 Å². The lowest BCUT2D eigenvalue weighted by Crippen LogP contribution is -2.15. The zero-order chi connectivity index (χ0) is 20.3. The van der Waals surface area contributed by atoms with E-state index in [1.165, 1.54) is 18.0 Å². The Bertz CT molecular complexity index is 990. The summed E-state index contributed by atoms with van der Waals surface area (Å²) in [4.78, 5) is 20.2. The van der Waals surface area contributed by atoms with Crippen molar-refractivity contribution in [1.29, 1.82) is 0 Å². The highest BCUT2D eigenvalue weighted by molar-refractivity contribution is 6.04. The Labute approximate surface area is 159 Å². The van der Waals surface area contributed by atoms with Gasteiger partial charge in [-0.25, -0.2) is 23.1 Å². The summed E-state index contributed by atoms with van der Waals surface area (Å²) in [6.45, 7) is 4.20. The molecule has 0 saturated heterocycles. The molecule has 5 nitrogen and oxygen atoms in total. The summed E-state index contributed by atoms with van der Waals surface area (Å²) in [5.41, 5.74) is 1.54. The molecule has 0 bridgehead atoms. The maximum atomic E-state index is 13.7. The molecule has 2 aromatic carbocycles. The minimum absolute atomic E-state index is 0.0323. The Hall–Kier alpha value is -3.42. The Morgan fingerprint density at radius 1 is 0.929 bits per heavy atom. The standard InChI is InChI=1S/C20H17F3N4O/c1-11(2)12-3-5-14(6-4-12)26-20-24-9-13(10-25-20)19(28)27-16-8-7-15(21)17(22)18(16)23/h3-11H,1-2H3,(H,27,28)(H,24,25,26). The fraction of sp³-hybridized carbons (Fsp3) is 0.150. The number of hydrogen-bond donors (Lipinski definition) is 2. The number of amides is 1. The molecule has 8 heteroatoms. The van der Waals surface area contributed by atoms with Gasteiger partial charge in [0.25, 0.3) is 5.91 Å². The van der Waals surface area contributed by atoms with Gasteiger partial charge in [-0.2, -0.15) is 0 Å². The van der Waals surface area contributed by atoms with Crippen molar-refractivity contribution in [3.05, 3.63) is 77.4 Å². The van der Waals surface area contributed by atoms with Gasteiger partial charge in [0.1, 0.15) is 0 Å². The molecule has 0 fully saturated rings. The first-order chi connectivity index (χ1) is 13.3. The van der Waals surface area contributed by atoms with E-state index in [0.717, 1.165) is 17.8 Å². The summed E-state index contributed by atoms with van der Waals surface area (Å²) in [5.74, 6) is -4.53. The number of nitrogens with zero attached hydrogens (tertiary/aromatic N) is 2. The molecule has 1 heterocycles. The van der Waals surface area contributed by atoms with E-state index in [4.69, 9.17) is 0 Å². The van der Waals surface area contributed by atoms with Crippen LogP contribution in [0.25, 0.3) is 0 Å². The average Bonchev–Trinajstić information content (AvgIpc) is 2.69. The minimum atomic E-state index is -1.66. The van der Waals surface area contributed by atoms with E-state index < -0.39 is 29.0 Å². The lowest BCUT2D eigenvalue weighted by atomic mass is 10.0. The van der Waals surface area contributed by atoms with Gasteiger partial charge in [-0.3, -0.25) is 4.79 Å². The van der Waals surface area contributed by atoms with Crippen molar-refractivity contribution >= 4 is 23.2 Å². The molecule has 0 saturated carbocycles. The second-order valence-electron chi connectivity index (χ2n) is 6.37. The highest BCUT2D eigenvalue weighted by Gasteiger charge is 2.16. The number of hydrogen-bond acceptors (Lipinski definition) is 4. The van der Waals surface area contributed by atoms with E-state index in [0.29, 0.717) is 5.92 Å². The third-order valence-corrected chi connectivity index (χ3v) is 4.03. The highest BCUT2D eigenvalue weighted by Crippen LogP contribution is 2.21. The van der Waals surface area contributed by atoms with Crippen LogP contribution in [0.15, 0.2) is 48.8 Å². The Kier molecular flexibility index (Phi) is 5.58. The van der Waals surface area contributed by atoms with Crippen molar-refractivity contribution < 1.29 is 18.0 Å². The molecule has 3 aromatic rings. The Morgan fingerprint density at radius 2 is 1.57 bits per heavy atom. The molecule has 0 aliphatic rings. The van der Waals surface area contributed by atoms with Gasteiger partial charge in [0.05, 0.1) is 11.3 Å². The second kappa shape index (κ2) is 8.08. The molecule has 2 N–H and O–H groups in total. The van der Waals surface area contributed by atoms with Gasteiger partial charge in [-0.1, -0.05) is 26.0 Å². The van der Waals surface area contributed by atoms with Gasteiger partial charge in [0.15, 0.2) is 17.5 Å². The van der Waals surface area contributed by atoms with Gasteiger partial charge in [-0.15, -0.1) is 0 Å². The van der Waals surface area contributed by atoms with Crippen LogP contribution in [0.1, 0.15) is 35.7 Å². The summed E-state index contributed by atoms with van der Waals surface area (Å²) >= 11 is 0. The minimum Gasteiger partial charge on any atom is -0.324 e. The van der Waals surface area contributed by atoms with Crippen LogP contribution in [0.4, 0.5) is 30.5 Å². The topological polar surface area (TPSA) is 66.9 Å². The zero-order valence-electron chi connectivity index (χ0n) is 15.1. The molecule has 0 radical (unpaired) electrons. The third-order valence-electron chi connectivity index (χ3n) is 4.03. The van der Waals surface area contributed by atoms with Crippen LogP contribution >= 0.6 is 0 Å². The average molecular weight is 386 g/mol. The quantitative estimate of drug-likeness (QED) is 0.605. The third kappa shape index (κ3) is 4.28. The van der Waals surface area contributed by atoms with Crippen LogP contribution < -0.4 is 10.6 Å². The predicted octanol–water partition coefficient (Wildman–Crippen LogP) is 5.01. The normalized spacial score (nSPS) is 10.8. The number of rotatable bonds is 5. The Balaban J connectivity index is 1.68. The predicted molar refractivity (Wildman–Crippen MR) is 100 cm³/mol. The van der Waals surface area contributed by atoms with Gasteiger partial charge < -0.3 is 10.6 Å². The van der Waals surface area contributed by atoms with Crippen molar-refractivity contribution in [3.8, 4) is 0 Å². The summed E-state index contributed by atoms with van der Waals surface area (Å²) in [5, 5.41) is 5.16. The molecular formula is C20H17F3N4O. The van der Waals surface area contributed by atoms with Crippen LogP contribution in [0, 0.1) is 17.5 Å². The lowest BCUT2D eigenvalue weighted by Gasteiger charge is -2.09. The van der Waals surface area contributed by atoms with E-state index >= 15 is 0 Å². The molecule has 144 valence electrons. The van der Waals surface area contributed by atoms with Gasteiger partial charge >= 0.3 is 0 Å². The van der Waals surface area contributed by atoms with Crippen molar-refractivity contribution in [1.82, 2.24) is 9.97 Å². The Morgan fingerprint density at radius 3 is 2.18 bits per heavy atom. The monoisotopic (exact) mass is 386 g/mol. The fourth-order valence-corrected chi connectivity index (χ4v) is 2.41. The summed E-state index contributed by atoms with van der Waals surface area (Å²) in [6.07, 6.45) is 2.48. The molecular weight excluding hydrogens is 369 g/mol. The van der Waals surface area contributed by atoms with E-state index in [1.807, 2.05) is 24.3 Å². The van der Waals surface area contributed by atoms with Crippen molar-refractivity contribution in [2.75, 3.05) is 10.6 Å². The van der Waals surface area contributed by atoms with Crippen LogP contribution in [0.3, 0.4) is 0 Å². The van der Waals surface area contributed by atoms with Gasteiger partial charge in [-0.05, 0) is 35.7 Å². The number of anilines is 3. The molecule has 3 rings (SSSR count). The molecule has 28 heavy (non-hydrogen) atoms. The first kappa shape index (κ1) is 19.3. The smallest absolute Gasteiger partial charge is 0.258 e. The van der Waals surface area contributed by atoms with Crippen molar-refractivity contribution in [3.63, 3.8) is 0 Å². The van der Waals surface area contributed by atoms with Crippen molar-refractivity contribution in [2.24, 2.45) is 0 Å². The van der Waals surface area contributed by atoms with Crippen LogP contribution in [0.5, 0.6) is 0 Å². The molecule has 0 aliphatic heterocycles. The lowest BCUT2D eigenvalue weighted by molar-refractivity contribution is 0.102. The molecule has 1 amide bonds. The largest absolute Gasteiger partial charge is 0.324 e. The number of carbonyl (C=O) groups excluding carboxylic acids is 1. The van der Waals surface area contributed by atoms with E-state index in [2.05, 4.69) is 34.4 Å². The van der Waals surface area contributed by atoms with Crippen LogP contribution in [-0.2, 0) is 0 Å². The first-order valence-electron chi connectivity index (χ1n) is 8.49. The second-order valence-corrected chi connectivity index (χ2v) is 6.37. The number of aromatic nitrogens is 2. The maximum absolute atomic E-state index is 13.7. The van der Waals surface area contributed by atoms with Crippen LogP contribution in [-0.4, -0.2) is 15.9 Å². The van der Waals surface area contributed by atoms with Crippen molar-refractivity contribution in [2.45, 2.75) is 19.8 Å². The molecule has 0 spiro atoms. The molecule has 0 aliphatic carbocycles. The SMILES string of the molecule is CC(C)c1ccc(Nc2ncc(C(=O)Nc3ccc(F)c(F)c3F)cn2)cc1. The fourth-order valence-electron chi connectivity index (χ4n) is 2.41. The molecule has 1 aromatic heterocycles. The number of benzene rings is 2. The summed E-state index contributed by atoms with van der Waals surface area (Å²) in [7, 11) is 0. The number of nitrogens with one attached hydrogen (secondary N) is 2. The van der Waals surface area contributed by atoms with E-state index in [9.17, 15) is 18.0 Å². The van der Waals surface area contributed by atoms with Crippen LogP contribution in [0.2, 0.25) is 0 Å². The molecule has 0 atom stereocenters. The maximum Gasteiger partial charge on any atom is 0.258 e. The first-order valence-corrected chi connectivity index (χ1v) is 8.49. The summed E-state index contributed by atoms with van der Waals surface area (Å²) in [6, 6.07) is 9.43.